The number of carbonyl (C=O) groups excluding carboxylic acids is 1. The highest BCUT2D eigenvalue weighted by molar-refractivity contribution is 5.46. The Morgan fingerprint density at radius 3 is 2.85 bits per heavy atom. The van der Waals surface area contributed by atoms with E-state index in [1.807, 2.05) is 6.07 Å². The summed E-state index contributed by atoms with van der Waals surface area (Å²) in [4.78, 5) is 20.8. The molecule has 1 aromatic heterocycles. The molecule has 1 N–H and O–H groups in total. The Morgan fingerprint density at radius 2 is 2.20 bits per heavy atom. The molecule has 0 atom stereocenters. The third kappa shape index (κ3) is 5.86. The van der Waals surface area contributed by atoms with Crippen molar-refractivity contribution in [3.63, 3.8) is 0 Å². The first-order valence-electron chi connectivity index (χ1n) is 7.04. The molecule has 6 nitrogen and oxygen atoms in total. The van der Waals surface area contributed by atoms with E-state index < -0.39 is 0 Å². The molecule has 0 spiro atoms. The number of rotatable bonds is 10. The summed E-state index contributed by atoms with van der Waals surface area (Å²) in [5.41, 5.74) is 0. The summed E-state index contributed by atoms with van der Waals surface area (Å²) in [7, 11) is 0. The van der Waals surface area contributed by atoms with Crippen LogP contribution in [0.3, 0.4) is 0 Å². The average molecular weight is 280 g/mol. The largest absolute Gasteiger partial charge is 0.477 e. The number of nitrogens with zero attached hydrogens (tertiary/aromatic N) is 3. The molecule has 6 heteroatoms. The third-order valence-corrected chi connectivity index (χ3v) is 2.62. The molecule has 0 aliphatic rings. The molecule has 112 valence electrons. The zero-order chi connectivity index (χ0) is 14.8. The topological polar surface area (TPSA) is 67.4 Å². The van der Waals surface area contributed by atoms with E-state index >= 15 is 0 Å². The fourth-order valence-corrected chi connectivity index (χ4v) is 1.70. The molecule has 0 unspecified atom stereocenters. The minimum absolute atomic E-state index is 0.456. The molecule has 1 heterocycles. The second-order valence-electron chi connectivity index (χ2n) is 4.98. The molecule has 1 aromatic rings. The molecule has 0 saturated carbocycles. The standard InChI is InChI=1S/C14H24N4O2/c1-4-6-18(7-5-15-11-19)13-8-14(17-10-16-13)20-9-12(2)3/h8,10-12H,4-7,9H2,1-3H3,(H,15,19). The van der Waals surface area contributed by atoms with Crippen LogP contribution in [0, 0.1) is 5.92 Å². The van der Waals surface area contributed by atoms with Crippen LogP contribution in [0.15, 0.2) is 12.4 Å². The van der Waals surface area contributed by atoms with Crippen molar-refractivity contribution >= 4 is 12.2 Å². The Hall–Kier alpha value is -1.85. The molecule has 0 fully saturated rings. The summed E-state index contributed by atoms with van der Waals surface area (Å²) < 4.78 is 5.61. The summed E-state index contributed by atoms with van der Waals surface area (Å²) in [6.45, 7) is 9.12. The van der Waals surface area contributed by atoms with Gasteiger partial charge in [-0.15, -0.1) is 0 Å². The van der Waals surface area contributed by atoms with Gasteiger partial charge in [0.15, 0.2) is 0 Å². The van der Waals surface area contributed by atoms with E-state index in [2.05, 4.69) is 41.0 Å². The minimum atomic E-state index is 0.456. The maximum atomic E-state index is 10.3. The zero-order valence-corrected chi connectivity index (χ0v) is 12.5. The number of hydrogen-bond acceptors (Lipinski definition) is 5. The number of amides is 1. The highest BCUT2D eigenvalue weighted by atomic mass is 16.5. The molecular weight excluding hydrogens is 256 g/mol. The number of hydrogen-bond donors (Lipinski definition) is 1. The monoisotopic (exact) mass is 280 g/mol. The number of carbonyl (C=O) groups is 1. The second-order valence-corrected chi connectivity index (χ2v) is 4.98. The van der Waals surface area contributed by atoms with Gasteiger partial charge in [0.1, 0.15) is 12.1 Å². The highest BCUT2D eigenvalue weighted by Gasteiger charge is 2.09. The van der Waals surface area contributed by atoms with E-state index in [1.165, 1.54) is 6.33 Å². The Labute approximate surface area is 120 Å². The van der Waals surface area contributed by atoms with E-state index in [4.69, 9.17) is 4.74 Å². The maximum Gasteiger partial charge on any atom is 0.218 e. The van der Waals surface area contributed by atoms with E-state index in [9.17, 15) is 4.79 Å². The van der Waals surface area contributed by atoms with Gasteiger partial charge in [-0.3, -0.25) is 4.79 Å². The lowest BCUT2D eigenvalue weighted by molar-refractivity contribution is -0.109. The Balaban J connectivity index is 2.68. The van der Waals surface area contributed by atoms with Crippen LogP contribution < -0.4 is 15.0 Å². The molecule has 0 aromatic carbocycles. The molecule has 1 rings (SSSR count). The first-order valence-corrected chi connectivity index (χ1v) is 7.04. The lowest BCUT2D eigenvalue weighted by Gasteiger charge is -2.23. The van der Waals surface area contributed by atoms with Crippen LogP contribution in [-0.2, 0) is 4.79 Å². The van der Waals surface area contributed by atoms with Crippen LogP contribution in [0.5, 0.6) is 5.88 Å². The first-order chi connectivity index (χ1) is 9.67. The predicted octanol–water partition coefficient (Wildman–Crippen LogP) is 1.47. The van der Waals surface area contributed by atoms with Crippen molar-refractivity contribution in [2.75, 3.05) is 31.1 Å². The van der Waals surface area contributed by atoms with Crippen molar-refractivity contribution in [1.29, 1.82) is 0 Å². The third-order valence-electron chi connectivity index (χ3n) is 2.62. The summed E-state index contributed by atoms with van der Waals surface area (Å²) in [5.74, 6) is 1.87. The van der Waals surface area contributed by atoms with Crippen LogP contribution in [0.1, 0.15) is 27.2 Å². The molecule has 1 amide bonds. The van der Waals surface area contributed by atoms with Crippen molar-refractivity contribution in [1.82, 2.24) is 15.3 Å². The van der Waals surface area contributed by atoms with Gasteiger partial charge in [0, 0.05) is 25.7 Å². The van der Waals surface area contributed by atoms with Gasteiger partial charge in [0.2, 0.25) is 12.3 Å². The van der Waals surface area contributed by atoms with Gasteiger partial charge in [-0.2, -0.15) is 0 Å². The average Bonchev–Trinajstić information content (AvgIpc) is 2.45. The first kappa shape index (κ1) is 16.2. The fourth-order valence-electron chi connectivity index (χ4n) is 1.70. The number of ether oxygens (including phenoxy) is 1. The number of aromatic nitrogens is 2. The van der Waals surface area contributed by atoms with Crippen molar-refractivity contribution in [2.24, 2.45) is 5.92 Å². The highest BCUT2D eigenvalue weighted by Crippen LogP contribution is 2.16. The normalized spacial score (nSPS) is 10.4. The van der Waals surface area contributed by atoms with E-state index in [-0.39, 0.29) is 0 Å². The van der Waals surface area contributed by atoms with Gasteiger partial charge in [-0.25, -0.2) is 9.97 Å². The molecule has 0 aliphatic heterocycles. The molecule has 0 aliphatic carbocycles. The quantitative estimate of drug-likeness (QED) is 0.519. The molecule has 0 radical (unpaired) electrons. The van der Waals surface area contributed by atoms with E-state index in [0.717, 1.165) is 18.8 Å². The van der Waals surface area contributed by atoms with E-state index in [0.29, 0.717) is 37.9 Å². The summed E-state index contributed by atoms with van der Waals surface area (Å²) in [6.07, 6.45) is 3.23. The Kier molecular flexibility index (Phi) is 7.39. The lowest BCUT2D eigenvalue weighted by Crippen LogP contribution is -2.33. The van der Waals surface area contributed by atoms with Crippen molar-refractivity contribution < 1.29 is 9.53 Å². The van der Waals surface area contributed by atoms with Crippen molar-refractivity contribution in [3.8, 4) is 5.88 Å². The van der Waals surface area contributed by atoms with Gasteiger partial charge < -0.3 is 15.0 Å². The number of anilines is 1. The molecule has 20 heavy (non-hydrogen) atoms. The Morgan fingerprint density at radius 1 is 1.40 bits per heavy atom. The summed E-state index contributed by atoms with van der Waals surface area (Å²) in [6, 6.07) is 1.85. The fraction of sp³-hybridized carbons (Fsp3) is 0.643. The van der Waals surface area contributed by atoms with Crippen LogP contribution in [-0.4, -0.2) is 42.6 Å². The van der Waals surface area contributed by atoms with Gasteiger partial charge >= 0.3 is 0 Å². The van der Waals surface area contributed by atoms with Gasteiger partial charge in [0.25, 0.3) is 0 Å². The van der Waals surface area contributed by atoms with Crippen LogP contribution in [0.25, 0.3) is 0 Å². The molecular formula is C14H24N4O2. The van der Waals surface area contributed by atoms with Gasteiger partial charge in [-0.1, -0.05) is 20.8 Å². The van der Waals surface area contributed by atoms with Crippen molar-refractivity contribution in [2.45, 2.75) is 27.2 Å². The maximum absolute atomic E-state index is 10.3. The molecule has 0 saturated heterocycles. The van der Waals surface area contributed by atoms with Crippen molar-refractivity contribution in [3.05, 3.63) is 12.4 Å². The minimum Gasteiger partial charge on any atom is -0.477 e. The predicted molar refractivity (Wildman–Crippen MR) is 78.9 cm³/mol. The van der Waals surface area contributed by atoms with Crippen LogP contribution in [0.2, 0.25) is 0 Å². The summed E-state index contributed by atoms with van der Waals surface area (Å²) >= 11 is 0. The molecule has 0 bridgehead atoms. The van der Waals surface area contributed by atoms with Crippen LogP contribution in [0.4, 0.5) is 5.82 Å². The summed E-state index contributed by atoms with van der Waals surface area (Å²) in [5, 5.41) is 2.66. The van der Waals surface area contributed by atoms with Gasteiger partial charge in [0.05, 0.1) is 6.61 Å². The van der Waals surface area contributed by atoms with Crippen LogP contribution >= 0.6 is 0 Å². The van der Waals surface area contributed by atoms with Gasteiger partial charge in [-0.05, 0) is 12.3 Å². The smallest absolute Gasteiger partial charge is 0.218 e. The Bertz CT molecular complexity index is 399. The lowest BCUT2D eigenvalue weighted by atomic mass is 10.2. The number of nitrogens with one attached hydrogen (secondary N) is 1. The SMILES string of the molecule is CCCN(CCNC=O)c1cc(OCC(C)C)ncn1. The zero-order valence-electron chi connectivity index (χ0n) is 12.5. The van der Waals surface area contributed by atoms with E-state index in [1.54, 1.807) is 0 Å². The second kappa shape index (κ2) is 9.12.